The van der Waals surface area contributed by atoms with E-state index in [1.807, 2.05) is 0 Å². The van der Waals surface area contributed by atoms with E-state index in [9.17, 15) is 0 Å². The van der Waals surface area contributed by atoms with Gasteiger partial charge >= 0.3 is 0 Å². The highest BCUT2D eigenvalue weighted by atomic mass is 15.1. The summed E-state index contributed by atoms with van der Waals surface area (Å²) in [6.07, 6.45) is 9.51. The zero-order valence-electron chi connectivity index (χ0n) is 31.8. The first-order valence-electron chi connectivity index (χ1n) is 20.5. The van der Waals surface area contributed by atoms with Gasteiger partial charge in [-0.3, -0.25) is 0 Å². The molecule has 0 amide bonds. The van der Waals surface area contributed by atoms with Crippen LogP contribution in [0.15, 0.2) is 127 Å². The molecule has 4 bridgehead atoms. The Morgan fingerprint density at radius 1 is 0.491 bits per heavy atom. The van der Waals surface area contributed by atoms with E-state index < -0.39 is 0 Å². The Kier molecular flexibility index (Phi) is 6.74. The van der Waals surface area contributed by atoms with E-state index in [1.165, 1.54) is 106 Å². The summed E-state index contributed by atoms with van der Waals surface area (Å²) >= 11 is 0. The molecule has 264 valence electrons. The molecule has 6 aliphatic rings. The maximum atomic E-state index is 2.60. The number of fused-ring (bicyclic) bond motifs is 5. The van der Waals surface area contributed by atoms with Crippen LogP contribution in [0.4, 0.5) is 17.1 Å². The molecule has 0 aliphatic heterocycles. The van der Waals surface area contributed by atoms with E-state index in [0.717, 1.165) is 23.7 Å². The highest BCUT2D eigenvalue weighted by Gasteiger charge is 2.61. The number of hydrogen-bond acceptors (Lipinski definition) is 1. The first-order valence-corrected chi connectivity index (χ1v) is 20.5. The van der Waals surface area contributed by atoms with Gasteiger partial charge in [-0.15, -0.1) is 0 Å². The maximum Gasteiger partial charge on any atom is 0.0543 e. The molecule has 0 saturated heterocycles. The summed E-state index contributed by atoms with van der Waals surface area (Å²) in [7, 11) is 0. The molecule has 4 saturated carbocycles. The minimum absolute atomic E-state index is 0.136. The van der Waals surface area contributed by atoms with E-state index >= 15 is 0 Å². The van der Waals surface area contributed by atoms with Crippen molar-refractivity contribution in [1.82, 2.24) is 0 Å². The second kappa shape index (κ2) is 11.2. The summed E-state index contributed by atoms with van der Waals surface area (Å²) in [5, 5.41) is 2.56. The Morgan fingerprint density at radius 2 is 1.08 bits per heavy atom. The highest BCUT2D eigenvalue weighted by molar-refractivity contribution is 6.03. The lowest BCUT2D eigenvalue weighted by atomic mass is 9.43. The summed E-state index contributed by atoms with van der Waals surface area (Å²) in [4.78, 5) is 2.60. The molecular formula is C52H51N. The lowest BCUT2D eigenvalue weighted by molar-refractivity contribution is -0.0399. The minimum atomic E-state index is 0.136. The fraction of sp³-hybridized carbons (Fsp3) is 0.346. The molecule has 0 unspecified atom stereocenters. The molecule has 4 fully saturated rings. The molecule has 6 aromatic carbocycles. The zero-order valence-corrected chi connectivity index (χ0v) is 31.8. The molecule has 6 aromatic rings. The third-order valence-corrected chi connectivity index (χ3v) is 15.1. The Labute approximate surface area is 316 Å². The van der Waals surface area contributed by atoms with Crippen molar-refractivity contribution in [3.8, 4) is 22.3 Å². The van der Waals surface area contributed by atoms with Crippen LogP contribution < -0.4 is 4.90 Å². The van der Waals surface area contributed by atoms with Gasteiger partial charge in [-0.05, 0) is 148 Å². The fourth-order valence-electron chi connectivity index (χ4n) is 12.9. The Morgan fingerprint density at radius 3 is 1.87 bits per heavy atom. The molecule has 53 heavy (non-hydrogen) atoms. The number of anilines is 3. The van der Waals surface area contributed by atoms with Gasteiger partial charge in [0.2, 0.25) is 0 Å². The molecule has 1 heteroatoms. The Bertz CT molecular complexity index is 2390. The maximum absolute atomic E-state index is 2.60. The van der Waals surface area contributed by atoms with Gasteiger partial charge in [0.25, 0.3) is 0 Å². The van der Waals surface area contributed by atoms with Gasteiger partial charge in [-0.2, -0.15) is 0 Å². The molecule has 0 N–H and O–H groups in total. The van der Waals surface area contributed by atoms with E-state index in [4.69, 9.17) is 0 Å². The molecular weight excluding hydrogens is 639 g/mol. The zero-order chi connectivity index (χ0) is 35.7. The van der Waals surface area contributed by atoms with Crippen LogP contribution in [0.2, 0.25) is 0 Å². The smallest absolute Gasteiger partial charge is 0.0543 e. The van der Waals surface area contributed by atoms with Gasteiger partial charge in [0.1, 0.15) is 0 Å². The molecule has 1 spiro atoms. The van der Waals surface area contributed by atoms with Crippen molar-refractivity contribution in [2.75, 3.05) is 4.90 Å². The van der Waals surface area contributed by atoms with Crippen molar-refractivity contribution in [1.29, 1.82) is 0 Å². The number of benzene rings is 6. The van der Waals surface area contributed by atoms with Crippen molar-refractivity contribution in [2.24, 2.45) is 23.7 Å². The van der Waals surface area contributed by atoms with Gasteiger partial charge < -0.3 is 4.90 Å². The monoisotopic (exact) mass is 689 g/mol. The van der Waals surface area contributed by atoms with Gasteiger partial charge in [-0.1, -0.05) is 131 Å². The summed E-state index contributed by atoms with van der Waals surface area (Å²) < 4.78 is 0. The molecule has 0 atom stereocenters. The second-order valence-corrected chi connectivity index (χ2v) is 18.8. The van der Waals surface area contributed by atoms with Gasteiger partial charge in [0.15, 0.2) is 0 Å². The Balaban J connectivity index is 1.12. The van der Waals surface area contributed by atoms with Crippen LogP contribution in [0.3, 0.4) is 0 Å². The van der Waals surface area contributed by atoms with E-state index in [0.29, 0.717) is 0 Å². The van der Waals surface area contributed by atoms with Gasteiger partial charge in [0, 0.05) is 22.1 Å². The quantitative estimate of drug-likeness (QED) is 0.178. The van der Waals surface area contributed by atoms with Crippen LogP contribution in [-0.4, -0.2) is 0 Å². The normalized spacial score (nSPS) is 26.7. The molecule has 0 radical (unpaired) electrons. The largest absolute Gasteiger partial charge is 0.309 e. The average molecular weight is 690 g/mol. The van der Waals surface area contributed by atoms with Crippen molar-refractivity contribution in [3.05, 3.63) is 150 Å². The van der Waals surface area contributed by atoms with E-state index in [1.54, 1.807) is 11.1 Å². The first-order chi connectivity index (χ1) is 25.7. The topological polar surface area (TPSA) is 3.24 Å². The van der Waals surface area contributed by atoms with Crippen LogP contribution in [0.5, 0.6) is 0 Å². The molecule has 6 aliphatic carbocycles. The summed E-state index contributed by atoms with van der Waals surface area (Å²) in [6, 6.07) is 49.3. The summed E-state index contributed by atoms with van der Waals surface area (Å²) in [5.74, 6) is 3.35. The summed E-state index contributed by atoms with van der Waals surface area (Å²) in [6.45, 7) is 9.76. The van der Waals surface area contributed by atoms with Crippen molar-refractivity contribution in [2.45, 2.75) is 88.9 Å². The molecule has 0 aromatic heterocycles. The molecule has 12 rings (SSSR count). The SMILES string of the molecule is CC1(C)CCC(C)(C)c2c(-c3ccc(N(c4cccc5c4-c4ccccc4C54C5CC6CC(C5)CC4C6)c4cccc5ccccc45)cc3)cccc21. The molecule has 0 heterocycles. The predicted octanol–water partition coefficient (Wildman–Crippen LogP) is 14.0. The number of hydrogen-bond donors (Lipinski definition) is 0. The van der Waals surface area contributed by atoms with Crippen LogP contribution >= 0.6 is 0 Å². The van der Waals surface area contributed by atoms with E-state index in [2.05, 4.69) is 160 Å². The average Bonchev–Trinajstić information content (AvgIpc) is 3.47. The molecule has 1 nitrogen and oxygen atoms in total. The number of nitrogens with zero attached hydrogens (tertiary/aromatic N) is 1. The summed E-state index contributed by atoms with van der Waals surface area (Å²) in [5.41, 5.74) is 16.1. The van der Waals surface area contributed by atoms with Crippen LogP contribution in [0.25, 0.3) is 33.0 Å². The second-order valence-electron chi connectivity index (χ2n) is 18.8. The lowest BCUT2D eigenvalue weighted by Gasteiger charge is -2.61. The van der Waals surface area contributed by atoms with Gasteiger partial charge in [0.05, 0.1) is 11.4 Å². The highest BCUT2D eigenvalue weighted by Crippen LogP contribution is 2.70. The lowest BCUT2D eigenvalue weighted by Crippen LogP contribution is -2.55. The van der Waals surface area contributed by atoms with Gasteiger partial charge in [-0.25, -0.2) is 0 Å². The van der Waals surface area contributed by atoms with E-state index in [-0.39, 0.29) is 16.2 Å². The Hall–Kier alpha value is -4.62. The predicted molar refractivity (Wildman–Crippen MR) is 223 cm³/mol. The van der Waals surface area contributed by atoms with Crippen LogP contribution in [0.1, 0.15) is 94.9 Å². The van der Waals surface area contributed by atoms with Crippen LogP contribution in [0, 0.1) is 23.7 Å². The third kappa shape index (κ3) is 4.43. The third-order valence-electron chi connectivity index (χ3n) is 15.1. The minimum Gasteiger partial charge on any atom is -0.309 e. The van der Waals surface area contributed by atoms with Crippen molar-refractivity contribution >= 4 is 27.8 Å². The first kappa shape index (κ1) is 31.9. The van der Waals surface area contributed by atoms with Crippen LogP contribution in [-0.2, 0) is 16.2 Å². The van der Waals surface area contributed by atoms with Crippen molar-refractivity contribution in [3.63, 3.8) is 0 Å². The number of rotatable bonds is 4. The fourth-order valence-corrected chi connectivity index (χ4v) is 12.9. The standard InChI is InChI=1S/C52H51N/c1-50(2)26-27-51(3,4)49-41(16-10-19-45(49)50)36-22-24-39(25-23-36)53(46-20-9-13-35-12-5-6-14-40(35)46)47-21-11-18-44-48(47)42-15-7-8-17-43(42)52(44)37-29-33-28-34(31-37)32-38(52)30-33/h5-25,33-34,37-38H,26-32H2,1-4H3. The van der Waals surface area contributed by atoms with Crippen molar-refractivity contribution < 1.29 is 0 Å².